The molecule has 1 aliphatic rings. The van der Waals surface area contributed by atoms with Crippen molar-refractivity contribution in [3.63, 3.8) is 0 Å². The molecule has 2 aromatic carbocycles. The van der Waals surface area contributed by atoms with E-state index in [1.165, 1.54) is 19.3 Å². The van der Waals surface area contributed by atoms with Gasteiger partial charge >= 0.3 is 0 Å². The minimum Gasteiger partial charge on any atom is -0.383 e. The molecule has 0 bridgehead atoms. The Morgan fingerprint density at radius 2 is 1.68 bits per heavy atom. The lowest BCUT2D eigenvalue weighted by molar-refractivity contribution is 0.0938. The number of nitrogens with one attached hydrogen (secondary N) is 2. The third-order valence-corrected chi connectivity index (χ3v) is 4.86. The highest BCUT2D eigenvalue weighted by Gasteiger charge is 2.15. The van der Waals surface area contributed by atoms with Crippen molar-refractivity contribution < 1.29 is 14.3 Å². The molecule has 0 radical (unpaired) electrons. The van der Waals surface area contributed by atoms with Crippen LogP contribution in [0.15, 0.2) is 48.5 Å². The number of benzene rings is 2. The number of carbonyl (C=O) groups excluding carboxylic acids is 2. The van der Waals surface area contributed by atoms with E-state index in [-0.39, 0.29) is 11.8 Å². The number of nitrogens with zero attached hydrogens (tertiary/aromatic N) is 1. The van der Waals surface area contributed by atoms with Gasteiger partial charge in [0.15, 0.2) is 0 Å². The second-order valence-electron chi connectivity index (χ2n) is 6.84. The van der Waals surface area contributed by atoms with Gasteiger partial charge in [-0.25, -0.2) is 0 Å². The molecule has 0 aliphatic carbocycles. The molecule has 28 heavy (non-hydrogen) atoms. The van der Waals surface area contributed by atoms with Crippen molar-refractivity contribution in [3.05, 3.63) is 59.7 Å². The summed E-state index contributed by atoms with van der Waals surface area (Å²) < 4.78 is 4.95. The van der Waals surface area contributed by atoms with E-state index < -0.39 is 0 Å². The van der Waals surface area contributed by atoms with Crippen LogP contribution in [0.5, 0.6) is 0 Å². The van der Waals surface area contributed by atoms with Crippen LogP contribution in [-0.4, -0.2) is 45.2 Å². The predicted molar refractivity (Wildman–Crippen MR) is 111 cm³/mol. The second-order valence-corrected chi connectivity index (χ2v) is 6.84. The molecule has 0 saturated carbocycles. The third-order valence-electron chi connectivity index (χ3n) is 4.86. The number of rotatable bonds is 7. The zero-order valence-electron chi connectivity index (χ0n) is 16.2. The van der Waals surface area contributed by atoms with E-state index in [4.69, 9.17) is 4.74 Å². The number of amides is 2. The van der Waals surface area contributed by atoms with Crippen LogP contribution in [0.1, 0.15) is 40.0 Å². The molecule has 0 aromatic heterocycles. The number of anilines is 2. The Bertz CT molecular complexity index is 799. The molecule has 6 nitrogen and oxygen atoms in total. The third kappa shape index (κ3) is 5.10. The molecule has 2 amide bonds. The van der Waals surface area contributed by atoms with Gasteiger partial charge in [0.2, 0.25) is 0 Å². The first-order chi connectivity index (χ1) is 13.7. The fourth-order valence-electron chi connectivity index (χ4n) is 3.32. The Morgan fingerprint density at radius 3 is 2.39 bits per heavy atom. The quantitative estimate of drug-likeness (QED) is 0.722. The number of piperidine rings is 1. The van der Waals surface area contributed by atoms with Crippen LogP contribution >= 0.6 is 0 Å². The summed E-state index contributed by atoms with van der Waals surface area (Å²) in [5.74, 6) is -0.476. The standard InChI is InChI=1S/C22H27N3O3/c1-28-16-13-23-22(27)19-7-3-4-8-20(19)24-21(26)17-9-11-18(12-10-17)25-14-5-2-6-15-25/h3-4,7-12H,2,5-6,13-16H2,1H3,(H,23,27)(H,24,26). The molecule has 1 heterocycles. The van der Waals surface area contributed by atoms with Crippen LogP contribution in [0.25, 0.3) is 0 Å². The molecule has 1 saturated heterocycles. The van der Waals surface area contributed by atoms with E-state index in [0.29, 0.717) is 30.0 Å². The minimum atomic E-state index is -0.242. The summed E-state index contributed by atoms with van der Waals surface area (Å²) in [5.41, 5.74) is 2.63. The van der Waals surface area contributed by atoms with Gasteiger partial charge < -0.3 is 20.3 Å². The fourth-order valence-corrected chi connectivity index (χ4v) is 3.32. The largest absolute Gasteiger partial charge is 0.383 e. The molecule has 3 rings (SSSR count). The Hall–Kier alpha value is -2.86. The Balaban J connectivity index is 1.66. The summed E-state index contributed by atoms with van der Waals surface area (Å²) in [6, 6.07) is 14.6. The summed E-state index contributed by atoms with van der Waals surface area (Å²) in [6.07, 6.45) is 3.71. The van der Waals surface area contributed by atoms with Gasteiger partial charge in [-0.15, -0.1) is 0 Å². The highest BCUT2D eigenvalue weighted by atomic mass is 16.5. The number of methoxy groups -OCH3 is 1. The van der Waals surface area contributed by atoms with Gasteiger partial charge in [-0.05, 0) is 55.7 Å². The molecule has 0 spiro atoms. The fraction of sp³-hybridized carbons (Fsp3) is 0.364. The van der Waals surface area contributed by atoms with Crippen LogP contribution in [0.4, 0.5) is 11.4 Å². The topological polar surface area (TPSA) is 70.7 Å². The van der Waals surface area contributed by atoms with E-state index in [9.17, 15) is 9.59 Å². The first-order valence-electron chi connectivity index (χ1n) is 9.71. The summed E-state index contributed by atoms with van der Waals surface area (Å²) in [6.45, 7) is 2.98. The van der Waals surface area contributed by atoms with Crippen molar-refractivity contribution in [3.8, 4) is 0 Å². The average molecular weight is 381 g/mol. The smallest absolute Gasteiger partial charge is 0.255 e. The van der Waals surface area contributed by atoms with Gasteiger partial charge in [0.05, 0.1) is 17.9 Å². The normalized spacial score (nSPS) is 13.8. The molecule has 6 heteroatoms. The zero-order valence-corrected chi connectivity index (χ0v) is 16.2. The van der Waals surface area contributed by atoms with E-state index in [0.717, 1.165) is 18.8 Å². The van der Waals surface area contributed by atoms with Gasteiger partial charge in [0, 0.05) is 38.0 Å². The highest BCUT2D eigenvalue weighted by Crippen LogP contribution is 2.21. The number of hydrogen-bond donors (Lipinski definition) is 2. The lowest BCUT2D eigenvalue weighted by Crippen LogP contribution is -2.29. The van der Waals surface area contributed by atoms with Crippen LogP contribution in [0.2, 0.25) is 0 Å². The molecular formula is C22H27N3O3. The van der Waals surface area contributed by atoms with Crippen molar-refractivity contribution in [2.24, 2.45) is 0 Å². The van der Waals surface area contributed by atoms with Crippen LogP contribution in [0, 0.1) is 0 Å². The maximum atomic E-state index is 12.7. The van der Waals surface area contributed by atoms with E-state index in [1.54, 1.807) is 31.4 Å². The highest BCUT2D eigenvalue weighted by molar-refractivity contribution is 6.09. The van der Waals surface area contributed by atoms with E-state index >= 15 is 0 Å². The molecule has 0 atom stereocenters. The molecule has 148 valence electrons. The molecule has 0 unspecified atom stereocenters. The van der Waals surface area contributed by atoms with Crippen LogP contribution in [0.3, 0.4) is 0 Å². The molecule has 1 aliphatic heterocycles. The second kappa shape index (κ2) is 9.90. The van der Waals surface area contributed by atoms with Gasteiger partial charge in [0.1, 0.15) is 0 Å². The SMILES string of the molecule is COCCNC(=O)c1ccccc1NC(=O)c1ccc(N2CCCCC2)cc1. The first kappa shape index (κ1) is 19.9. The Kier molecular flexibility index (Phi) is 7.03. The summed E-state index contributed by atoms with van der Waals surface area (Å²) in [5, 5.41) is 5.63. The van der Waals surface area contributed by atoms with Gasteiger partial charge in [0.25, 0.3) is 11.8 Å². The number of ether oxygens (including phenoxy) is 1. The molecule has 1 fully saturated rings. The number of para-hydroxylation sites is 1. The summed E-state index contributed by atoms with van der Waals surface area (Å²) >= 11 is 0. The Labute approximate surface area is 165 Å². The monoisotopic (exact) mass is 381 g/mol. The van der Waals surface area contributed by atoms with Crippen LogP contribution in [-0.2, 0) is 4.74 Å². The minimum absolute atomic E-state index is 0.234. The van der Waals surface area contributed by atoms with Crippen molar-refractivity contribution in [1.29, 1.82) is 0 Å². The first-order valence-corrected chi connectivity index (χ1v) is 9.71. The summed E-state index contributed by atoms with van der Waals surface area (Å²) in [7, 11) is 1.58. The van der Waals surface area contributed by atoms with E-state index in [2.05, 4.69) is 15.5 Å². The van der Waals surface area contributed by atoms with Crippen molar-refractivity contribution in [2.75, 3.05) is 43.6 Å². The number of carbonyl (C=O) groups is 2. The van der Waals surface area contributed by atoms with Gasteiger partial charge in [-0.3, -0.25) is 9.59 Å². The van der Waals surface area contributed by atoms with Gasteiger partial charge in [-0.2, -0.15) is 0 Å². The lowest BCUT2D eigenvalue weighted by Gasteiger charge is -2.28. The average Bonchev–Trinajstić information content (AvgIpc) is 2.75. The maximum absolute atomic E-state index is 12.7. The maximum Gasteiger partial charge on any atom is 0.255 e. The number of hydrogen-bond acceptors (Lipinski definition) is 4. The van der Waals surface area contributed by atoms with Crippen molar-refractivity contribution >= 4 is 23.2 Å². The predicted octanol–water partition coefficient (Wildman–Crippen LogP) is 3.31. The molecular weight excluding hydrogens is 354 g/mol. The summed E-state index contributed by atoms with van der Waals surface area (Å²) in [4.78, 5) is 27.4. The van der Waals surface area contributed by atoms with Crippen molar-refractivity contribution in [1.82, 2.24) is 5.32 Å². The zero-order chi connectivity index (χ0) is 19.8. The molecule has 2 aromatic rings. The van der Waals surface area contributed by atoms with E-state index in [1.807, 2.05) is 24.3 Å². The van der Waals surface area contributed by atoms with Crippen LogP contribution < -0.4 is 15.5 Å². The molecule has 2 N–H and O–H groups in total. The lowest BCUT2D eigenvalue weighted by atomic mass is 10.1. The van der Waals surface area contributed by atoms with Crippen molar-refractivity contribution in [2.45, 2.75) is 19.3 Å². The Morgan fingerprint density at radius 1 is 0.964 bits per heavy atom. The van der Waals surface area contributed by atoms with Gasteiger partial charge in [-0.1, -0.05) is 12.1 Å².